The van der Waals surface area contributed by atoms with Crippen LogP contribution in [0.15, 0.2) is 59.2 Å². The summed E-state index contributed by atoms with van der Waals surface area (Å²) in [7, 11) is 0. The van der Waals surface area contributed by atoms with E-state index in [0.29, 0.717) is 37.0 Å². The van der Waals surface area contributed by atoms with Gasteiger partial charge < -0.3 is 19.1 Å². The summed E-state index contributed by atoms with van der Waals surface area (Å²) in [6.07, 6.45) is 5.28. The van der Waals surface area contributed by atoms with E-state index < -0.39 is 0 Å². The molecule has 8 nitrogen and oxygen atoms in total. The molecule has 2 aliphatic rings. The molecule has 5 rings (SSSR count). The average molecular weight is 508 g/mol. The summed E-state index contributed by atoms with van der Waals surface area (Å²) < 4.78 is 5.45. The molecule has 36 heavy (non-hydrogen) atoms. The number of hydrogen-bond acceptors (Lipinski definition) is 6. The minimum absolute atomic E-state index is 0.0275. The van der Waals surface area contributed by atoms with Crippen LogP contribution in [0.3, 0.4) is 0 Å². The van der Waals surface area contributed by atoms with Crippen LogP contribution in [0.1, 0.15) is 31.4 Å². The third-order valence-corrected chi connectivity index (χ3v) is 7.32. The van der Waals surface area contributed by atoms with E-state index in [-0.39, 0.29) is 24.3 Å². The highest BCUT2D eigenvalue weighted by Gasteiger charge is 2.32. The van der Waals surface area contributed by atoms with Crippen LogP contribution in [-0.4, -0.2) is 64.5 Å². The van der Waals surface area contributed by atoms with Crippen molar-refractivity contribution in [1.29, 1.82) is 0 Å². The molecule has 1 aliphatic carbocycles. The lowest BCUT2D eigenvalue weighted by Crippen LogP contribution is -2.46. The molecular formula is C27H30ClN5O3. The van der Waals surface area contributed by atoms with Crippen molar-refractivity contribution in [3.8, 4) is 11.3 Å². The fraction of sp³-hybridized carbons (Fsp3) is 0.407. The molecule has 1 aromatic carbocycles. The summed E-state index contributed by atoms with van der Waals surface area (Å²) in [4.78, 5) is 31.9. The van der Waals surface area contributed by atoms with E-state index in [1.807, 2.05) is 47.4 Å². The second-order valence-electron chi connectivity index (χ2n) is 9.38. The first-order valence-electron chi connectivity index (χ1n) is 12.5. The maximum atomic E-state index is 13.2. The second kappa shape index (κ2) is 11.1. The van der Waals surface area contributed by atoms with Gasteiger partial charge in [-0.2, -0.15) is 0 Å². The summed E-state index contributed by atoms with van der Waals surface area (Å²) in [6, 6.07) is 15.1. The highest BCUT2D eigenvalue weighted by molar-refractivity contribution is 6.33. The van der Waals surface area contributed by atoms with Crippen molar-refractivity contribution in [2.45, 2.75) is 32.2 Å². The van der Waals surface area contributed by atoms with E-state index in [1.165, 1.54) is 0 Å². The van der Waals surface area contributed by atoms with E-state index >= 15 is 0 Å². The SMILES string of the molecule is O=C(CN(Cc1ccco1)C(=O)C1CCC1)N1CCCN(c2ccc(-c3ccccc3Cl)nn2)CC1. The van der Waals surface area contributed by atoms with Crippen LogP contribution in [0.2, 0.25) is 5.02 Å². The van der Waals surface area contributed by atoms with Crippen molar-refractivity contribution in [2.75, 3.05) is 37.6 Å². The molecule has 2 aromatic heterocycles. The number of carbonyl (C=O) groups is 2. The summed E-state index contributed by atoms with van der Waals surface area (Å²) in [5.74, 6) is 1.52. The molecule has 3 heterocycles. The number of rotatable bonds is 7. The average Bonchev–Trinajstić information content (AvgIpc) is 3.24. The van der Waals surface area contributed by atoms with Gasteiger partial charge in [-0.15, -0.1) is 10.2 Å². The number of halogens is 1. The van der Waals surface area contributed by atoms with Crippen molar-refractivity contribution in [2.24, 2.45) is 5.92 Å². The van der Waals surface area contributed by atoms with Gasteiger partial charge in [-0.1, -0.05) is 36.2 Å². The number of hydrogen-bond donors (Lipinski definition) is 0. The smallest absolute Gasteiger partial charge is 0.242 e. The Labute approximate surface area is 215 Å². The van der Waals surface area contributed by atoms with Gasteiger partial charge >= 0.3 is 0 Å². The number of carbonyl (C=O) groups excluding carboxylic acids is 2. The number of anilines is 1. The summed E-state index contributed by atoms with van der Waals surface area (Å²) in [5, 5.41) is 9.45. The fourth-order valence-electron chi connectivity index (χ4n) is 4.68. The maximum absolute atomic E-state index is 13.2. The maximum Gasteiger partial charge on any atom is 0.242 e. The quantitative estimate of drug-likeness (QED) is 0.475. The molecule has 1 saturated heterocycles. The minimum Gasteiger partial charge on any atom is -0.467 e. The van der Waals surface area contributed by atoms with Crippen LogP contribution in [0.5, 0.6) is 0 Å². The number of amides is 2. The van der Waals surface area contributed by atoms with Gasteiger partial charge in [0.25, 0.3) is 0 Å². The van der Waals surface area contributed by atoms with Crippen LogP contribution < -0.4 is 4.90 Å². The van der Waals surface area contributed by atoms with E-state index in [1.54, 1.807) is 17.2 Å². The molecule has 1 aliphatic heterocycles. The molecule has 0 bridgehead atoms. The molecule has 2 amide bonds. The first kappa shape index (κ1) is 24.3. The molecule has 0 atom stereocenters. The first-order chi connectivity index (χ1) is 17.6. The third kappa shape index (κ3) is 5.54. The van der Waals surface area contributed by atoms with Gasteiger partial charge in [0, 0.05) is 37.7 Å². The minimum atomic E-state index is -0.0313. The van der Waals surface area contributed by atoms with Crippen molar-refractivity contribution in [1.82, 2.24) is 20.0 Å². The Balaban J connectivity index is 1.21. The number of furan rings is 1. The molecule has 0 spiro atoms. The number of benzene rings is 1. The van der Waals surface area contributed by atoms with Gasteiger partial charge in [-0.05, 0) is 49.6 Å². The highest BCUT2D eigenvalue weighted by atomic mass is 35.5. The van der Waals surface area contributed by atoms with Gasteiger partial charge in [-0.25, -0.2) is 0 Å². The lowest BCUT2D eigenvalue weighted by atomic mass is 9.84. The summed E-state index contributed by atoms with van der Waals surface area (Å²) >= 11 is 6.29. The highest BCUT2D eigenvalue weighted by Crippen LogP contribution is 2.29. The first-order valence-corrected chi connectivity index (χ1v) is 12.9. The van der Waals surface area contributed by atoms with Crippen molar-refractivity contribution >= 4 is 29.2 Å². The molecule has 3 aromatic rings. The van der Waals surface area contributed by atoms with E-state index in [4.69, 9.17) is 16.0 Å². The predicted molar refractivity (Wildman–Crippen MR) is 137 cm³/mol. The fourth-order valence-corrected chi connectivity index (χ4v) is 4.91. The largest absolute Gasteiger partial charge is 0.467 e. The third-order valence-electron chi connectivity index (χ3n) is 6.99. The zero-order valence-corrected chi connectivity index (χ0v) is 20.9. The van der Waals surface area contributed by atoms with E-state index in [2.05, 4.69) is 15.1 Å². The van der Waals surface area contributed by atoms with Crippen LogP contribution in [-0.2, 0) is 16.1 Å². The van der Waals surface area contributed by atoms with Crippen LogP contribution in [0, 0.1) is 5.92 Å². The lowest BCUT2D eigenvalue weighted by Gasteiger charge is -2.32. The Kier molecular flexibility index (Phi) is 7.51. The molecular weight excluding hydrogens is 478 g/mol. The number of nitrogens with zero attached hydrogens (tertiary/aromatic N) is 5. The summed E-state index contributed by atoms with van der Waals surface area (Å²) in [5.41, 5.74) is 1.57. The van der Waals surface area contributed by atoms with Crippen LogP contribution >= 0.6 is 11.6 Å². The Hall–Kier alpha value is -3.39. The Morgan fingerprint density at radius 1 is 0.972 bits per heavy atom. The number of aromatic nitrogens is 2. The predicted octanol–water partition coefficient (Wildman–Crippen LogP) is 4.26. The van der Waals surface area contributed by atoms with Crippen LogP contribution in [0.4, 0.5) is 5.82 Å². The standard InChI is InChI=1S/C27H30ClN5O3/c28-23-10-2-1-9-22(23)24-11-12-25(30-29-24)31-13-5-14-32(16-15-31)26(34)19-33(18-21-8-4-17-36-21)27(35)20-6-3-7-20/h1-2,4,8-12,17,20H,3,5-7,13-16,18-19H2. The molecule has 2 fully saturated rings. The Morgan fingerprint density at radius 3 is 2.53 bits per heavy atom. The van der Waals surface area contributed by atoms with Gasteiger partial charge in [0.2, 0.25) is 11.8 Å². The molecule has 0 unspecified atom stereocenters. The second-order valence-corrected chi connectivity index (χ2v) is 9.79. The van der Waals surface area contributed by atoms with Crippen molar-refractivity contribution in [3.05, 3.63) is 65.6 Å². The van der Waals surface area contributed by atoms with Gasteiger partial charge in [0.1, 0.15) is 12.3 Å². The molecule has 0 radical (unpaired) electrons. The van der Waals surface area contributed by atoms with Gasteiger partial charge in [-0.3, -0.25) is 9.59 Å². The monoisotopic (exact) mass is 507 g/mol. The van der Waals surface area contributed by atoms with E-state index in [0.717, 1.165) is 49.3 Å². The Bertz CT molecular complexity index is 1180. The van der Waals surface area contributed by atoms with Crippen molar-refractivity contribution < 1.29 is 14.0 Å². The topological polar surface area (TPSA) is 82.8 Å². The van der Waals surface area contributed by atoms with Gasteiger partial charge in [0.15, 0.2) is 5.82 Å². The molecule has 9 heteroatoms. The normalized spacial score (nSPS) is 16.4. The zero-order valence-electron chi connectivity index (χ0n) is 20.2. The molecule has 0 N–H and O–H groups in total. The van der Waals surface area contributed by atoms with Crippen molar-refractivity contribution in [3.63, 3.8) is 0 Å². The Morgan fingerprint density at radius 2 is 1.83 bits per heavy atom. The van der Waals surface area contributed by atoms with Gasteiger partial charge in [0.05, 0.1) is 23.5 Å². The molecule has 188 valence electrons. The zero-order chi connectivity index (χ0) is 24.9. The van der Waals surface area contributed by atoms with Crippen LogP contribution in [0.25, 0.3) is 11.3 Å². The van der Waals surface area contributed by atoms with E-state index in [9.17, 15) is 9.59 Å². The molecule has 1 saturated carbocycles. The summed E-state index contributed by atoms with van der Waals surface area (Å²) in [6.45, 7) is 3.04. The lowest BCUT2D eigenvalue weighted by molar-refractivity contribution is -0.145.